The molecule has 10 aromatic rings. The van der Waals surface area contributed by atoms with E-state index in [9.17, 15) is 0 Å². The van der Waals surface area contributed by atoms with Gasteiger partial charge in [0, 0.05) is 16.2 Å². The van der Waals surface area contributed by atoms with Crippen LogP contribution in [0.5, 0.6) is 0 Å². The van der Waals surface area contributed by atoms with Gasteiger partial charge in [-0.1, -0.05) is 121 Å². The van der Waals surface area contributed by atoms with Crippen LogP contribution in [0.3, 0.4) is 0 Å². The van der Waals surface area contributed by atoms with Gasteiger partial charge in [-0.25, -0.2) is 0 Å². The van der Waals surface area contributed by atoms with Crippen LogP contribution in [0.4, 0.5) is 0 Å². The Morgan fingerprint density at radius 1 is 0.382 bits per heavy atom. The topological polar surface area (TPSA) is 13.1 Å². The highest BCUT2D eigenvalue weighted by molar-refractivity contribution is 6.72. The predicted molar refractivity (Wildman–Crippen MR) is 261 cm³/mol. The Labute approximate surface area is 328 Å². The molecule has 0 unspecified atom stereocenters. The number of benzene rings is 9. The smallest absolute Gasteiger partial charge is 0.139 e. The molecule has 11 rings (SSSR count). The van der Waals surface area contributed by atoms with E-state index in [0.717, 1.165) is 11.2 Å². The highest BCUT2D eigenvalue weighted by atomic mass is 16.3. The Morgan fingerprint density at radius 3 is 1.67 bits per heavy atom. The highest BCUT2D eigenvalue weighted by Crippen LogP contribution is 2.52. The third-order valence-corrected chi connectivity index (χ3v) is 14.2. The maximum absolute atomic E-state index is 6.72. The molecular formula is C47H37B7O. The summed E-state index contributed by atoms with van der Waals surface area (Å²) in [6.07, 6.45) is 0. The zero-order valence-corrected chi connectivity index (χ0v) is 33.2. The molecule has 0 atom stereocenters. The zero-order chi connectivity index (χ0) is 37.8. The first-order valence-electron chi connectivity index (χ1n) is 19.8. The van der Waals surface area contributed by atoms with E-state index in [-0.39, 0.29) is 5.41 Å². The molecule has 1 heterocycles. The van der Waals surface area contributed by atoms with Crippen molar-refractivity contribution >= 4 is 158 Å². The molecule has 1 aliphatic rings. The SMILES string of the molecule is Bc1c(B)c(B)c2c(-c3ccc4ccc5c(-c6cccc7oc8cc9c(cc8c67)-c6ccccc6C9(C)C)ccc6ccc3c4c65)c(B)c(B)c(B)c2c1B. The average molecular weight is 693 g/mol. The number of hydrogen-bond donors (Lipinski definition) is 0. The van der Waals surface area contributed by atoms with Crippen LogP contribution < -0.4 is 38.2 Å². The van der Waals surface area contributed by atoms with Crippen LogP contribution in [0.1, 0.15) is 25.0 Å². The molecule has 55 heavy (non-hydrogen) atoms. The van der Waals surface area contributed by atoms with Gasteiger partial charge in [0.05, 0.1) is 0 Å². The van der Waals surface area contributed by atoms with Crippen molar-refractivity contribution in [3.63, 3.8) is 0 Å². The lowest BCUT2D eigenvalue weighted by Gasteiger charge is -2.26. The Balaban J connectivity index is 1.21. The molecule has 0 aliphatic heterocycles. The third-order valence-electron chi connectivity index (χ3n) is 14.2. The van der Waals surface area contributed by atoms with Crippen molar-refractivity contribution in [2.45, 2.75) is 19.3 Å². The number of fused-ring (bicyclic) bond motifs is 7. The van der Waals surface area contributed by atoms with Crippen molar-refractivity contribution in [1.82, 2.24) is 0 Å². The van der Waals surface area contributed by atoms with Gasteiger partial charge in [-0.05, 0) is 106 Å². The van der Waals surface area contributed by atoms with Gasteiger partial charge in [0.25, 0.3) is 0 Å². The lowest BCUT2D eigenvalue weighted by Crippen LogP contribution is -2.52. The monoisotopic (exact) mass is 694 g/mol. The maximum atomic E-state index is 6.72. The molecule has 9 aromatic carbocycles. The summed E-state index contributed by atoms with van der Waals surface area (Å²) in [4.78, 5) is 0. The summed E-state index contributed by atoms with van der Waals surface area (Å²) in [5.74, 6) is 0. The first kappa shape index (κ1) is 32.9. The highest BCUT2D eigenvalue weighted by Gasteiger charge is 2.36. The van der Waals surface area contributed by atoms with E-state index in [4.69, 9.17) is 4.42 Å². The minimum absolute atomic E-state index is 0.0791. The standard InChI is InChI=1S/C47H37B7O/c1-47(2)30-8-4-3-6-23(30)28-18-29-33(19-31(28)47)55-32-9-5-7-24(36(29)32)22-14-10-20-12-16-26-27(17-13-21-11-15-25(22)34(20)35(21)26)37-38-39(42(50)44(52)40(37)48)43(51)46(54)45(53)41(38)49/h3-19H,48-54H2,1-2H3. The van der Waals surface area contributed by atoms with Crippen molar-refractivity contribution in [2.24, 2.45) is 0 Å². The van der Waals surface area contributed by atoms with Gasteiger partial charge in [0.2, 0.25) is 0 Å². The molecule has 0 N–H and O–H groups in total. The normalized spacial score (nSPS) is 13.6. The second-order valence-electron chi connectivity index (χ2n) is 17.0. The number of hydrogen-bond acceptors (Lipinski definition) is 1. The second kappa shape index (κ2) is 11.1. The molecule has 1 aliphatic carbocycles. The van der Waals surface area contributed by atoms with Gasteiger partial charge in [0.15, 0.2) is 0 Å². The van der Waals surface area contributed by atoms with Gasteiger partial charge >= 0.3 is 0 Å². The lowest BCUT2D eigenvalue weighted by atomic mass is 9.58. The molecule has 1 nitrogen and oxygen atoms in total. The van der Waals surface area contributed by atoms with Gasteiger partial charge in [-0.15, -0.1) is 16.4 Å². The van der Waals surface area contributed by atoms with Crippen LogP contribution in [-0.2, 0) is 5.41 Å². The molecule has 0 amide bonds. The molecule has 0 radical (unpaired) electrons. The van der Waals surface area contributed by atoms with Crippen LogP contribution in [0, 0.1) is 0 Å². The quantitative estimate of drug-likeness (QED) is 0.196. The Morgan fingerprint density at radius 2 is 0.964 bits per heavy atom. The van der Waals surface area contributed by atoms with E-state index in [1.807, 2.05) is 0 Å². The van der Waals surface area contributed by atoms with Gasteiger partial charge in [0.1, 0.15) is 66.1 Å². The summed E-state index contributed by atoms with van der Waals surface area (Å²) in [7, 11) is 16.2. The van der Waals surface area contributed by atoms with Crippen LogP contribution in [0.15, 0.2) is 108 Å². The van der Waals surface area contributed by atoms with Crippen molar-refractivity contribution in [2.75, 3.05) is 0 Å². The summed E-state index contributed by atoms with van der Waals surface area (Å²) >= 11 is 0. The lowest BCUT2D eigenvalue weighted by molar-refractivity contribution is 0.647. The van der Waals surface area contributed by atoms with Gasteiger partial charge in [-0.2, -0.15) is 0 Å². The molecule has 1 aromatic heterocycles. The number of rotatable bonds is 2. The molecule has 0 saturated heterocycles. The van der Waals surface area contributed by atoms with Crippen molar-refractivity contribution in [3.05, 3.63) is 114 Å². The van der Waals surface area contributed by atoms with Crippen molar-refractivity contribution < 1.29 is 4.42 Å². The first-order valence-corrected chi connectivity index (χ1v) is 19.8. The van der Waals surface area contributed by atoms with Crippen LogP contribution in [-0.4, -0.2) is 54.9 Å². The van der Waals surface area contributed by atoms with Crippen molar-refractivity contribution in [1.29, 1.82) is 0 Å². The van der Waals surface area contributed by atoms with E-state index in [1.165, 1.54) is 137 Å². The van der Waals surface area contributed by atoms with E-state index in [2.05, 4.69) is 172 Å². The third kappa shape index (κ3) is 4.13. The second-order valence-corrected chi connectivity index (χ2v) is 17.0. The fourth-order valence-electron chi connectivity index (χ4n) is 10.8. The fraction of sp³-hybridized carbons (Fsp3) is 0.0638. The molecule has 0 saturated carbocycles. The molecule has 252 valence electrons. The fourth-order valence-corrected chi connectivity index (χ4v) is 10.8. The molecular weight excluding hydrogens is 656 g/mol. The summed E-state index contributed by atoms with van der Waals surface area (Å²) < 4.78 is 6.72. The molecule has 0 bridgehead atoms. The maximum Gasteiger partial charge on any atom is 0.139 e. The summed E-state index contributed by atoms with van der Waals surface area (Å²) in [6.45, 7) is 4.67. The minimum Gasteiger partial charge on any atom is -0.456 e. The van der Waals surface area contributed by atoms with E-state index < -0.39 is 0 Å². The van der Waals surface area contributed by atoms with Crippen LogP contribution >= 0.6 is 0 Å². The molecule has 8 heteroatoms. The van der Waals surface area contributed by atoms with E-state index in [0.29, 0.717) is 0 Å². The van der Waals surface area contributed by atoms with Crippen molar-refractivity contribution in [3.8, 4) is 33.4 Å². The zero-order valence-electron chi connectivity index (χ0n) is 33.2. The van der Waals surface area contributed by atoms with Gasteiger partial charge < -0.3 is 4.42 Å². The Hall–Kier alpha value is -5.47. The Bertz CT molecular complexity index is 3370. The number of furan rings is 1. The van der Waals surface area contributed by atoms with Crippen LogP contribution in [0.25, 0.3) is 98.4 Å². The molecule has 0 spiro atoms. The minimum atomic E-state index is -0.0791. The van der Waals surface area contributed by atoms with Crippen LogP contribution in [0.2, 0.25) is 0 Å². The van der Waals surface area contributed by atoms with E-state index >= 15 is 0 Å². The summed E-state index contributed by atoms with van der Waals surface area (Å²) in [5.41, 5.74) is 22.1. The largest absolute Gasteiger partial charge is 0.456 e. The first-order chi connectivity index (χ1) is 26.5. The summed E-state index contributed by atoms with van der Waals surface area (Å²) in [5, 5.41) is 13.0. The summed E-state index contributed by atoms with van der Waals surface area (Å²) in [6, 6.07) is 39.0. The Kier molecular flexibility index (Phi) is 6.63. The van der Waals surface area contributed by atoms with E-state index in [1.54, 1.807) is 0 Å². The molecule has 0 fully saturated rings. The predicted octanol–water partition coefficient (Wildman–Crippen LogP) is 1.09. The average Bonchev–Trinajstić information content (AvgIpc) is 3.67. The van der Waals surface area contributed by atoms with Gasteiger partial charge in [-0.3, -0.25) is 0 Å².